The van der Waals surface area contributed by atoms with E-state index in [1.807, 2.05) is 47.4 Å². The number of nitrogens with two attached hydrogens (primary N) is 1. The summed E-state index contributed by atoms with van der Waals surface area (Å²) in [4.78, 5) is 43.3. The van der Waals surface area contributed by atoms with E-state index in [-0.39, 0.29) is 48.6 Å². The molecule has 2 aromatic rings. The van der Waals surface area contributed by atoms with Crippen LogP contribution in [0.5, 0.6) is 0 Å². The van der Waals surface area contributed by atoms with E-state index in [0.717, 1.165) is 54.9 Å². The van der Waals surface area contributed by atoms with Crippen molar-refractivity contribution >= 4 is 41.4 Å². The molecule has 41 heavy (non-hydrogen) atoms. The summed E-state index contributed by atoms with van der Waals surface area (Å²) in [5.74, 6) is 0.305. The molecule has 3 atom stereocenters. The largest absolute Gasteiger partial charge is 0.390 e. The molecule has 1 aliphatic carbocycles. The van der Waals surface area contributed by atoms with Gasteiger partial charge in [0.25, 0.3) is 0 Å². The van der Waals surface area contributed by atoms with Gasteiger partial charge in [0.05, 0.1) is 6.10 Å². The van der Waals surface area contributed by atoms with E-state index in [9.17, 15) is 19.5 Å². The molecular weight excluding hydrogens is 540 g/mol. The summed E-state index contributed by atoms with van der Waals surface area (Å²) in [5.41, 5.74) is 6.69. The highest BCUT2D eigenvalue weighted by Crippen LogP contribution is 2.41. The van der Waals surface area contributed by atoms with Gasteiger partial charge < -0.3 is 26.0 Å². The summed E-state index contributed by atoms with van der Waals surface area (Å²) in [6.45, 7) is 7.42. The van der Waals surface area contributed by atoms with Crippen molar-refractivity contribution in [2.75, 3.05) is 19.6 Å². The van der Waals surface area contributed by atoms with E-state index < -0.39 is 18.3 Å². The first-order chi connectivity index (χ1) is 19.1. The molecule has 4 N–H and O–H groups in total. The fourth-order valence-corrected chi connectivity index (χ4v) is 6.45. The Kier molecular flexibility index (Phi) is 11.6. The van der Waals surface area contributed by atoms with Crippen LogP contribution in [-0.2, 0) is 20.8 Å². The van der Waals surface area contributed by atoms with Crippen molar-refractivity contribution in [3.05, 3.63) is 48.0 Å². The predicted octanol–water partition coefficient (Wildman–Crippen LogP) is 3.87. The number of carbonyl (C=O) groups excluding carboxylic acids is 3. The van der Waals surface area contributed by atoms with Crippen LogP contribution in [-0.4, -0.2) is 71.1 Å². The van der Waals surface area contributed by atoms with Crippen molar-refractivity contribution < 1.29 is 19.5 Å². The van der Waals surface area contributed by atoms with Crippen LogP contribution in [0.1, 0.15) is 64.9 Å². The number of halogens is 1. The fourth-order valence-electron chi connectivity index (χ4n) is 6.45. The number of aliphatic hydroxyl groups is 1. The van der Waals surface area contributed by atoms with Gasteiger partial charge in [-0.2, -0.15) is 0 Å². The third kappa shape index (κ3) is 7.99. The maximum absolute atomic E-state index is 13.8. The third-order valence-electron chi connectivity index (χ3n) is 8.96. The first-order valence-electron chi connectivity index (χ1n) is 14.8. The summed E-state index contributed by atoms with van der Waals surface area (Å²) in [7, 11) is 0. The van der Waals surface area contributed by atoms with Crippen molar-refractivity contribution in [1.82, 2.24) is 15.1 Å². The Labute approximate surface area is 250 Å². The van der Waals surface area contributed by atoms with E-state index in [4.69, 9.17) is 5.73 Å². The Morgan fingerprint density at radius 1 is 1.10 bits per heavy atom. The fraction of sp³-hybridized carbons (Fsp3) is 0.594. The topological polar surface area (TPSA) is 116 Å². The molecule has 8 nitrogen and oxygen atoms in total. The number of fused-ring (bicyclic) bond motifs is 1. The number of rotatable bonds is 10. The number of nitrogens with zero attached hydrogens (tertiary/aromatic N) is 2. The van der Waals surface area contributed by atoms with Gasteiger partial charge >= 0.3 is 0 Å². The highest BCUT2D eigenvalue weighted by molar-refractivity contribution is 5.86. The van der Waals surface area contributed by atoms with E-state index in [0.29, 0.717) is 25.3 Å². The molecule has 2 aromatic carbocycles. The molecule has 1 saturated heterocycles. The first kappa shape index (κ1) is 32.8. The molecule has 0 radical (unpaired) electrons. The monoisotopic (exact) mass is 586 g/mol. The number of benzene rings is 2. The van der Waals surface area contributed by atoms with E-state index in [2.05, 4.69) is 26.1 Å². The number of carbonyl (C=O) groups is 3. The zero-order valence-corrected chi connectivity index (χ0v) is 25.4. The highest BCUT2D eigenvalue weighted by atomic mass is 35.5. The molecule has 0 bridgehead atoms. The Bertz CT molecular complexity index is 1180. The zero-order chi connectivity index (χ0) is 28.9. The van der Waals surface area contributed by atoms with Crippen LogP contribution in [0, 0.1) is 17.3 Å². The molecule has 0 spiro atoms. The Morgan fingerprint density at radius 2 is 1.78 bits per heavy atom. The zero-order valence-electron chi connectivity index (χ0n) is 24.6. The van der Waals surface area contributed by atoms with Crippen LogP contribution in [0.3, 0.4) is 0 Å². The Morgan fingerprint density at radius 3 is 2.41 bits per heavy atom. The number of likely N-dealkylation sites (tertiary alicyclic amines) is 1. The molecule has 4 rings (SSSR count). The van der Waals surface area contributed by atoms with Crippen molar-refractivity contribution in [3.8, 4) is 0 Å². The lowest BCUT2D eigenvalue weighted by Crippen LogP contribution is -2.57. The lowest BCUT2D eigenvalue weighted by atomic mass is 9.69. The molecule has 2 aliphatic rings. The summed E-state index contributed by atoms with van der Waals surface area (Å²) >= 11 is 0. The van der Waals surface area contributed by atoms with Gasteiger partial charge in [-0.15, -0.1) is 12.4 Å². The number of nitrogens with one attached hydrogen (secondary N) is 1. The minimum Gasteiger partial charge on any atom is -0.390 e. The standard InChI is InChI=1S/C32H46N4O4.ClH/c1-32(2,3)26-14-12-24(13-15-26)31(40)35-16-6-9-29(35)36(21-37)28(30(39)34-20-27(38)19-33)18-22-10-11-23-7-4-5-8-25(23)17-22;/h4-5,7-8,10-11,17,21,24,26-29,38H,6,9,12-16,18-20,33H2,1-3H3,(H,34,39);1H/t24?,26?,27?,28-,29?;/m1./s1. The van der Waals surface area contributed by atoms with Gasteiger partial charge in [-0.25, -0.2) is 0 Å². The van der Waals surface area contributed by atoms with E-state index in [1.165, 1.54) is 4.90 Å². The van der Waals surface area contributed by atoms with E-state index in [1.54, 1.807) is 0 Å². The minimum absolute atomic E-state index is 0. The van der Waals surface area contributed by atoms with Crippen LogP contribution < -0.4 is 11.1 Å². The van der Waals surface area contributed by atoms with Crippen molar-refractivity contribution in [2.24, 2.45) is 23.0 Å². The number of amides is 3. The maximum atomic E-state index is 13.8. The second-order valence-electron chi connectivity index (χ2n) is 12.7. The third-order valence-corrected chi connectivity index (χ3v) is 8.96. The van der Waals surface area contributed by atoms with Crippen LogP contribution >= 0.6 is 12.4 Å². The molecule has 1 saturated carbocycles. The number of aliphatic hydroxyl groups excluding tert-OH is 1. The van der Waals surface area contributed by atoms with Crippen LogP contribution in [0.4, 0.5) is 0 Å². The van der Waals surface area contributed by atoms with Gasteiger partial charge in [0, 0.05) is 32.0 Å². The molecule has 2 fully saturated rings. The summed E-state index contributed by atoms with van der Waals surface area (Å²) < 4.78 is 0. The van der Waals surface area contributed by atoms with Crippen molar-refractivity contribution in [1.29, 1.82) is 0 Å². The average molecular weight is 587 g/mol. The predicted molar refractivity (Wildman–Crippen MR) is 164 cm³/mol. The SMILES string of the molecule is CC(C)(C)C1CCC(C(=O)N2CCCC2N(C=O)[C@H](Cc2ccc3ccccc3c2)C(=O)NCC(O)CN)CC1.Cl. The molecule has 9 heteroatoms. The minimum atomic E-state index is -0.872. The molecule has 1 aliphatic heterocycles. The van der Waals surface area contributed by atoms with Gasteiger partial charge in [0.1, 0.15) is 12.2 Å². The van der Waals surface area contributed by atoms with Gasteiger partial charge in [-0.1, -0.05) is 63.2 Å². The quantitative estimate of drug-likeness (QED) is 0.366. The average Bonchev–Trinajstić information content (AvgIpc) is 3.44. The molecule has 1 heterocycles. The van der Waals surface area contributed by atoms with Gasteiger partial charge in [-0.3, -0.25) is 14.4 Å². The van der Waals surface area contributed by atoms with Crippen molar-refractivity contribution in [3.63, 3.8) is 0 Å². The molecule has 0 aromatic heterocycles. The first-order valence-corrected chi connectivity index (χ1v) is 14.8. The van der Waals surface area contributed by atoms with Gasteiger partial charge in [0.2, 0.25) is 18.2 Å². The summed E-state index contributed by atoms with van der Waals surface area (Å²) in [5, 5.41) is 14.9. The van der Waals surface area contributed by atoms with Crippen LogP contribution in [0.25, 0.3) is 10.8 Å². The normalized spacial score (nSPS) is 22.5. The molecular formula is C32H47ClN4O4. The smallest absolute Gasteiger partial charge is 0.243 e. The molecule has 226 valence electrons. The number of hydrogen-bond donors (Lipinski definition) is 3. The lowest BCUT2D eigenvalue weighted by molar-refractivity contribution is -0.148. The summed E-state index contributed by atoms with van der Waals surface area (Å²) in [6.07, 6.45) is 4.89. The Balaban J connectivity index is 0.00000462. The van der Waals surface area contributed by atoms with Crippen LogP contribution in [0.2, 0.25) is 0 Å². The lowest BCUT2D eigenvalue weighted by Gasteiger charge is -2.41. The molecule has 2 unspecified atom stereocenters. The second-order valence-corrected chi connectivity index (χ2v) is 12.7. The summed E-state index contributed by atoms with van der Waals surface area (Å²) in [6, 6.07) is 13.2. The van der Waals surface area contributed by atoms with Crippen LogP contribution in [0.15, 0.2) is 42.5 Å². The van der Waals surface area contributed by atoms with Crippen molar-refractivity contribution in [2.45, 2.75) is 84.0 Å². The van der Waals surface area contributed by atoms with E-state index >= 15 is 0 Å². The maximum Gasteiger partial charge on any atom is 0.243 e. The highest BCUT2D eigenvalue weighted by Gasteiger charge is 2.42. The van der Waals surface area contributed by atoms with Gasteiger partial charge in [-0.05, 0) is 66.2 Å². The Hall–Kier alpha value is -2.68. The molecule has 3 amide bonds. The van der Waals surface area contributed by atoms with Gasteiger partial charge in [0.15, 0.2) is 0 Å². The number of hydrogen-bond acceptors (Lipinski definition) is 5. The second kappa shape index (κ2) is 14.5.